The third kappa shape index (κ3) is 5.01. The van der Waals surface area contributed by atoms with E-state index < -0.39 is 17.2 Å². The summed E-state index contributed by atoms with van der Waals surface area (Å²) in [6, 6.07) is 17.4. The lowest BCUT2D eigenvalue weighted by Crippen LogP contribution is -2.26. The van der Waals surface area contributed by atoms with Crippen molar-refractivity contribution >= 4 is 52.0 Å². The number of carbonyl (C=O) groups excluding carboxylic acids is 2. The first-order valence-corrected chi connectivity index (χ1v) is 11.4. The van der Waals surface area contributed by atoms with E-state index in [-0.39, 0.29) is 17.1 Å². The van der Waals surface area contributed by atoms with Crippen molar-refractivity contribution in [3.05, 3.63) is 78.1 Å². The van der Waals surface area contributed by atoms with Gasteiger partial charge in [-0.2, -0.15) is 0 Å². The van der Waals surface area contributed by atoms with Crippen molar-refractivity contribution < 1.29 is 18.5 Å². The highest BCUT2D eigenvalue weighted by atomic mass is 32.2. The predicted octanol–water partition coefficient (Wildman–Crippen LogP) is 4.65. The zero-order chi connectivity index (χ0) is 22.0. The summed E-state index contributed by atoms with van der Waals surface area (Å²) in [5, 5.41) is 5.39. The molecule has 0 aliphatic carbocycles. The minimum atomic E-state index is -1.64. The maximum absolute atomic E-state index is 13.3. The number of hydrogen-bond donors (Lipinski definition) is 3. The summed E-state index contributed by atoms with van der Waals surface area (Å²) in [7, 11) is 0. The van der Waals surface area contributed by atoms with Crippen LogP contribution in [0.1, 0.15) is 17.3 Å². The molecule has 0 saturated carbocycles. The topological polar surface area (TPSA) is 93.3 Å². The third-order valence-electron chi connectivity index (χ3n) is 4.51. The van der Waals surface area contributed by atoms with E-state index in [0.717, 1.165) is 4.90 Å². The van der Waals surface area contributed by atoms with Gasteiger partial charge in [-0.15, -0.1) is 11.8 Å². The number of hydrogen-bond acceptors (Lipinski definition) is 5. The second-order valence-electron chi connectivity index (χ2n) is 6.82. The molecule has 0 radical (unpaired) electrons. The van der Waals surface area contributed by atoms with E-state index in [1.54, 1.807) is 48.5 Å². The van der Waals surface area contributed by atoms with Crippen LogP contribution in [0, 0.1) is 5.82 Å². The highest BCUT2D eigenvalue weighted by molar-refractivity contribution is 8.01. The van der Waals surface area contributed by atoms with Crippen molar-refractivity contribution in [3.8, 4) is 0 Å². The quantitative estimate of drug-likeness (QED) is 0.487. The fourth-order valence-corrected chi connectivity index (χ4v) is 4.79. The van der Waals surface area contributed by atoms with Crippen LogP contribution in [0.5, 0.6) is 0 Å². The van der Waals surface area contributed by atoms with Gasteiger partial charge in [0, 0.05) is 28.3 Å². The normalized spacial score (nSPS) is 16.1. The van der Waals surface area contributed by atoms with E-state index in [1.165, 1.54) is 30.0 Å². The largest absolute Gasteiger partial charge is 0.588 e. The van der Waals surface area contributed by atoms with Gasteiger partial charge in [0.15, 0.2) is 4.90 Å². The van der Waals surface area contributed by atoms with Gasteiger partial charge in [0.1, 0.15) is 17.2 Å². The Hall–Kier alpha value is -3.01. The van der Waals surface area contributed by atoms with Crippen molar-refractivity contribution in [2.45, 2.75) is 22.0 Å². The van der Waals surface area contributed by atoms with E-state index in [0.29, 0.717) is 27.5 Å². The molecule has 0 bridgehead atoms. The first-order valence-electron chi connectivity index (χ1n) is 9.36. The number of anilines is 3. The van der Waals surface area contributed by atoms with Crippen molar-refractivity contribution in [2.24, 2.45) is 0 Å². The fraction of sp³-hybridized carbons (Fsp3) is 0.0909. The summed E-state index contributed by atoms with van der Waals surface area (Å²) in [6.45, 7) is 1.82. The van der Waals surface area contributed by atoms with Crippen LogP contribution < -0.4 is 15.4 Å². The highest BCUT2D eigenvalue weighted by Crippen LogP contribution is 2.36. The van der Waals surface area contributed by atoms with Crippen molar-refractivity contribution in [1.29, 1.82) is 0 Å². The molecule has 0 spiro atoms. The van der Waals surface area contributed by atoms with Crippen LogP contribution in [0.25, 0.3) is 0 Å². The van der Waals surface area contributed by atoms with Gasteiger partial charge in [0.05, 0.1) is 16.6 Å². The average Bonchev–Trinajstić information content (AvgIpc) is 2.74. The Balaban J connectivity index is 1.47. The molecule has 1 heterocycles. The van der Waals surface area contributed by atoms with E-state index in [2.05, 4.69) is 15.4 Å². The Morgan fingerprint density at radius 3 is 2.68 bits per heavy atom. The molecule has 6 nitrogen and oxygen atoms in total. The van der Waals surface area contributed by atoms with E-state index >= 15 is 0 Å². The fourth-order valence-electron chi connectivity index (χ4n) is 2.96. The minimum Gasteiger partial charge on any atom is -0.588 e. The second-order valence-corrected chi connectivity index (χ2v) is 9.42. The van der Waals surface area contributed by atoms with Gasteiger partial charge in [-0.25, -0.2) is 9.11 Å². The molecule has 2 amide bonds. The highest BCUT2D eigenvalue weighted by Gasteiger charge is 2.24. The molecule has 2 unspecified atom stereocenters. The van der Waals surface area contributed by atoms with Crippen molar-refractivity contribution in [1.82, 2.24) is 0 Å². The average molecular weight is 456 g/mol. The Kier molecular flexibility index (Phi) is 6.17. The summed E-state index contributed by atoms with van der Waals surface area (Å²) < 4.78 is 28.6. The Morgan fingerprint density at radius 2 is 1.87 bits per heavy atom. The van der Waals surface area contributed by atoms with Gasteiger partial charge in [0.2, 0.25) is 5.91 Å². The minimum absolute atomic E-state index is 0.101. The molecule has 1 aliphatic heterocycles. The number of benzene rings is 3. The number of fused-ring (bicyclic) bond motifs is 1. The standard InChI is InChI=1S/C22H18FN3O3S2/c1-13-21(27)25-19-10-14(8-9-20(19)30-13)22(28)24-16-5-3-7-18(12-16)31(29)26-17-6-2-4-15(23)11-17/h2-13,26H,1H3,(H,24,28)(H,25,27). The molecule has 0 aromatic heterocycles. The number of amides is 2. The van der Waals surface area contributed by atoms with Crippen LogP contribution in [0.15, 0.2) is 76.5 Å². The molecule has 4 rings (SSSR count). The van der Waals surface area contributed by atoms with E-state index in [1.807, 2.05) is 6.92 Å². The molecule has 158 valence electrons. The molecular weight excluding hydrogens is 437 g/mol. The van der Waals surface area contributed by atoms with Crippen LogP contribution in [0.3, 0.4) is 0 Å². The molecular formula is C22H18FN3O3S2. The van der Waals surface area contributed by atoms with Gasteiger partial charge in [-0.3, -0.25) is 9.59 Å². The number of nitrogens with one attached hydrogen (secondary N) is 3. The summed E-state index contributed by atoms with van der Waals surface area (Å²) in [5.41, 5.74) is 1.84. The van der Waals surface area contributed by atoms with Crippen LogP contribution in [-0.2, 0) is 16.2 Å². The number of carbonyl (C=O) groups is 2. The molecule has 3 aromatic rings. The van der Waals surface area contributed by atoms with Crippen LogP contribution in [0.2, 0.25) is 0 Å². The van der Waals surface area contributed by atoms with Crippen LogP contribution >= 0.6 is 11.8 Å². The second kappa shape index (κ2) is 9.01. The van der Waals surface area contributed by atoms with Crippen molar-refractivity contribution in [2.75, 3.05) is 15.4 Å². The predicted molar refractivity (Wildman–Crippen MR) is 121 cm³/mol. The Morgan fingerprint density at radius 1 is 1.10 bits per heavy atom. The monoisotopic (exact) mass is 455 g/mol. The summed E-state index contributed by atoms with van der Waals surface area (Å²) in [5.74, 6) is -0.894. The lowest BCUT2D eigenvalue weighted by molar-refractivity contribution is -0.115. The molecule has 0 saturated heterocycles. The van der Waals surface area contributed by atoms with Gasteiger partial charge < -0.3 is 15.2 Å². The number of halogens is 1. The third-order valence-corrected chi connectivity index (χ3v) is 6.79. The SMILES string of the molecule is CC1Sc2ccc(C(=O)Nc3cccc([S+]([O-])Nc4cccc(F)c4)c3)cc2NC1=O. The lowest BCUT2D eigenvalue weighted by Gasteiger charge is -2.21. The van der Waals surface area contributed by atoms with Crippen LogP contribution in [-0.4, -0.2) is 21.6 Å². The Bertz CT molecular complexity index is 1160. The zero-order valence-electron chi connectivity index (χ0n) is 16.3. The lowest BCUT2D eigenvalue weighted by atomic mass is 10.1. The Labute approximate surface area is 185 Å². The van der Waals surface area contributed by atoms with Crippen molar-refractivity contribution in [3.63, 3.8) is 0 Å². The van der Waals surface area contributed by atoms with E-state index in [4.69, 9.17) is 0 Å². The maximum Gasteiger partial charge on any atom is 0.255 e. The molecule has 9 heteroatoms. The molecule has 0 fully saturated rings. The summed E-state index contributed by atoms with van der Waals surface area (Å²) >= 11 is -0.197. The molecule has 3 aromatic carbocycles. The maximum atomic E-state index is 13.3. The van der Waals surface area contributed by atoms with Gasteiger partial charge >= 0.3 is 0 Å². The van der Waals surface area contributed by atoms with Gasteiger partial charge in [-0.1, -0.05) is 12.1 Å². The molecule has 3 N–H and O–H groups in total. The van der Waals surface area contributed by atoms with Gasteiger partial charge in [-0.05, 0) is 49.4 Å². The zero-order valence-corrected chi connectivity index (χ0v) is 18.0. The number of thioether (sulfide) groups is 1. The summed E-state index contributed by atoms with van der Waals surface area (Å²) in [4.78, 5) is 25.9. The molecule has 2 atom stereocenters. The molecule has 1 aliphatic rings. The van der Waals surface area contributed by atoms with E-state index in [9.17, 15) is 18.5 Å². The van der Waals surface area contributed by atoms with Crippen LogP contribution in [0.4, 0.5) is 21.5 Å². The first kappa shape index (κ1) is 21.2. The molecule has 31 heavy (non-hydrogen) atoms. The van der Waals surface area contributed by atoms with Gasteiger partial charge in [0.25, 0.3) is 5.91 Å². The smallest absolute Gasteiger partial charge is 0.255 e. The number of rotatable bonds is 5. The summed E-state index contributed by atoms with van der Waals surface area (Å²) in [6.07, 6.45) is 0. The first-order chi connectivity index (χ1) is 14.9.